The molecule has 0 bridgehead atoms. The summed E-state index contributed by atoms with van der Waals surface area (Å²) in [5, 5.41) is -0.736. The third kappa shape index (κ3) is 2.88. The average Bonchev–Trinajstić information content (AvgIpc) is 2.00. The smallest absolute Gasteiger partial charge is 0.281 e. The third-order valence-electron chi connectivity index (χ3n) is 1.43. The summed E-state index contributed by atoms with van der Waals surface area (Å²) in [6, 6.07) is 1.09. The van der Waals surface area contributed by atoms with Crippen molar-refractivity contribution < 1.29 is 17.2 Å². The number of alkyl halides is 2. The molecule has 1 aromatic rings. The fraction of sp³-hybridized carbons (Fsp3) is 0.167. The molecule has 1 aromatic heterocycles. The Morgan fingerprint density at radius 3 is 2.47 bits per heavy atom. The zero-order valence-corrected chi connectivity index (χ0v) is 10.6. The first-order valence-corrected chi connectivity index (χ1v) is 6.81. The SMILES string of the molecule is Nc1cc(I)c(C(F)F)nc1S(=O)(=O)Cl. The van der Waals surface area contributed by atoms with Crippen molar-refractivity contribution in [3.8, 4) is 0 Å². The van der Waals surface area contributed by atoms with Gasteiger partial charge in [-0.15, -0.1) is 0 Å². The lowest BCUT2D eigenvalue weighted by atomic mass is 10.3. The highest BCUT2D eigenvalue weighted by Gasteiger charge is 2.22. The van der Waals surface area contributed by atoms with Gasteiger partial charge >= 0.3 is 0 Å². The van der Waals surface area contributed by atoms with Crippen LogP contribution in [0.25, 0.3) is 0 Å². The second-order valence-corrected chi connectivity index (χ2v) is 6.13. The van der Waals surface area contributed by atoms with Gasteiger partial charge in [0.25, 0.3) is 15.5 Å². The number of pyridine rings is 1. The molecule has 0 fully saturated rings. The van der Waals surface area contributed by atoms with Crippen LogP contribution in [0.4, 0.5) is 14.5 Å². The Balaban J connectivity index is 3.50. The van der Waals surface area contributed by atoms with E-state index in [2.05, 4.69) is 4.98 Å². The summed E-state index contributed by atoms with van der Waals surface area (Å²) in [6.45, 7) is 0. The molecule has 9 heteroatoms. The van der Waals surface area contributed by atoms with E-state index in [1.165, 1.54) is 0 Å². The van der Waals surface area contributed by atoms with Crippen molar-refractivity contribution in [1.82, 2.24) is 4.98 Å². The fourth-order valence-corrected chi connectivity index (χ4v) is 2.46. The van der Waals surface area contributed by atoms with E-state index in [9.17, 15) is 17.2 Å². The van der Waals surface area contributed by atoms with Crippen molar-refractivity contribution in [2.75, 3.05) is 5.73 Å². The second-order valence-electron chi connectivity index (χ2n) is 2.49. The highest BCUT2D eigenvalue weighted by Crippen LogP contribution is 2.28. The molecule has 0 atom stereocenters. The minimum atomic E-state index is -4.21. The number of hydrogen-bond acceptors (Lipinski definition) is 4. The van der Waals surface area contributed by atoms with E-state index >= 15 is 0 Å². The number of halogens is 4. The van der Waals surface area contributed by atoms with Gasteiger partial charge in [0, 0.05) is 14.3 Å². The molecule has 0 aliphatic rings. The van der Waals surface area contributed by atoms with Crippen LogP contribution in [0.3, 0.4) is 0 Å². The molecule has 2 N–H and O–H groups in total. The molecule has 15 heavy (non-hydrogen) atoms. The van der Waals surface area contributed by atoms with Crippen LogP contribution >= 0.6 is 33.3 Å². The van der Waals surface area contributed by atoms with Gasteiger partial charge in [-0.05, 0) is 28.7 Å². The molecule has 0 aliphatic carbocycles. The minimum Gasteiger partial charge on any atom is -0.396 e. The topological polar surface area (TPSA) is 73.0 Å². The van der Waals surface area contributed by atoms with Crippen molar-refractivity contribution in [1.29, 1.82) is 0 Å². The molecular weight excluding hydrogens is 364 g/mol. The molecule has 0 unspecified atom stereocenters. The van der Waals surface area contributed by atoms with E-state index in [1.54, 1.807) is 22.6 Å². The van der Waals surface area contributed by atoms with Crippen LogP contribution in [0.2, 0.25) is 0 Å². The van der Waals surface area contributed by atoms with Crippen molar-refractivity contribution >= 4 is 48.0 Å². The number of anilines is 1. The van der Waals surface area contributed by atoms with E-state index in [1.807, 2.05) is 0 Å². The normalized spacial score (nSPS) is 12.1. The van der Waals surface area contributed by atoms with E-state index < -0.39 is 26.2 Å². The van der Waals surface area contributed by atoms with Gasteiger partial charge < -0.3 is 5.73 Å². The van der Waals surface area contributed by atoms with Crippen LogP contribution in [0.1, 0.15) is 12.1 Å². The predicted molar refractivity (Wildman–Crippen MR) is 59.4 cm³/mol. The zero-order valence-electron chi connectivity index (χ0n) is 6.92. The van der Waals surface area contributed by atoms with Crippen LogP contribution < -0.4 is 5.73 Å². The largest absolute Gasteiger partial charge is 0.396 e. The highest BCUT2D eigenvalue weighted by atomic mass is 127. The second kappa shape index (κ2) is 4.34. The summed E-state index contributed by atoms with van der Waals surface area (Å²) in [5.74, 6) is 0. The van der Waals surface area contributed by atoms with Crippen molar-refractivity contribution in [3.63, 3.8) is 0 Å². The maximum Gasteiger partial charge on any atom is 0.281 e. The summed E-state index contributed by atoms with van der Waals surface area (Å²) in [5.41, 5.74) is 4.40. The van der Waals surface area contributed by atoms with Crippen LogP contribution in [-0.4, -0.2) is 13.4 Å². The first-order valence-electron chi connectivity index (χ1n) is 3.42. The Bertz CT molecular complexity index is 494. The zero-order chi connectivity index (χ0) is 11.8. The molecule has 0 saturated carbocycles. The van der Waals surface area contributed by atoms with E-state index in [4.69, 9.17) is 16.4 Å². The lowest BCUT2D eigenvalue weighted by molar-refractivity contribution is 0.144. The Labute approximate surface area is 102 Å². The summed E-state index contributed by atoms with van der Waals surface area (Å²) in [6.07, 6.45) is -2.88. The molecule has 84 valence electrons. The first-order chi connectivity index (χ1) is 6.73. The maximum atomic E-state index is 12.4. The molecule has 1 heterocycles. The van der Waals surface area contributed by atoms with Gasteiger partial charge in [-0.25, -0.2) is 22.2 Å². The van der Waals surface area contributed by atoms with E-state index in [0.717, 1.165) is 6.07 Å². The van der Waals surface area contributed by atoms with Gasteiger partial charge in [0.1, 0.15) is 5.69 Å². The predicted octanol–water partition coefficient (Wildman–Crippen LogP) is 2.13. The summed E-state index contributed by atoms with van der Waals surface area (Å²) < 4.78 is 46.7. The molecule has 4 nitrogen and oxygen atoms in total. The number of aromatic nitrogens is 1. The third-order valence-corrected chi connectivity index (χ3v) is 3.52. The minimum absolute atomic E-state index is 0.0872. The van der Waals surface area contributed by atoms with Crippen LogP contribution in [0.5, 0.6) is 0 Å². The lowest BCUT2D eigenvalue weighted by Crippen LogP contribution is -2.06. The van der Waals surface area contributed by atoms with Crippen LogP contribution in [0.15, 0.2) is 11.1 Å². The standard InChI is InChI=1S/C6H4ClF2IN2O2S/c7-15(13,14)6-3(11)1-2(10)4(12-6)5(8)9/h1,5H,11H2. The quantitative estimate of drug-likeness (QED) is 0.641. The highest BCUT2D eigenvalue weighted by molar-refractivity contribution is 14.1. The first kappa shape index (κ1) is 12.8. The molecule has 0 saturated heterocycles. The number of nitrogen functional groups attached to an aromatic ring is 1. The monoisotopic (exact) mass is 368 g/mol. The molecule has 0 radical (unpaired) electrons. The maximum absolute atomic E-state index is 12.4. The number of nitrogens with zero attached hydrogens (tertiary/aromatic N) is 1. The van der Waals surface area contributed by atoms with Crippen LogP contribution in [0, 0.1) is 3.57 Å². The molecular formula is C6H4ClF2IN2O2S. The molecule has 0 aliphatic heterocycles. The lowest BCUT2D eigenvalue weighted by Gasteiger charge is -2.06. The number of hydrogen-bond donors (Lipinski definition) is 1. The summed E-state index contributed by atoms with van der Waals surface area (Å²) >= 11 is 1.59. The van der Waals surface area contributed by atoms with Crippen LogP contribution in [-0.2, 0) is 9.05 Å². The van der Waals surface area contributed by atoms with Gasteiger partial charge in [-0.3, -0.25) is 0 Å². The Morgan fingerprint density at radius 2 is 2.07 bits per heavy atom. The van der Waals surface area contributed by atoms with Crippen molar-refractivity contribution in [2.45, 2.75) is 11.5 Å². The van der Waals surface area contributed by atoms with Crippen molar-refractivity contribution in [2.24, 2.45) is 0 Å². The Hall–Kier alpha value is -0.220. The average molecular weight is 369 g/mol. The van der Waals surface area contributed by atoms with Gasteiger partial charge in [0.15, 0.2) is 5.03 Å². The Kier molecular flexibility index (Phi) is 3.71. The van der Waals surface area contributed by atoms with E-state index in [0.29, 0.717) is 0 Å². The summed E-state index contributed by atoms with van der Waals surface area (Å²) in [7, 11) is 0.768. The number of nitrogens with two attached hydrogens (primary N) is 1. The molecule has 0 amide bonds. The molecule has 0 aromatic carbocycles. The van der Waals surface area contributed by atoms with Gasteiger partial charge in [-0.2, -0.15) is 0 Å². The van der Waals surface area contributed by atoms with Gasteiger partial charge in [0.05, 0.1) is 5.69 Å². The number of rotatable bonds is 2. The Morgan fingerprint density at radius 1 is 1.53 bits per heavy atom. The molecule has 0 spiro atoms. The molecule has 1 rings (SSSR count). The van der Waals surface area contributed by atoms with E-state index in [-0.39, 0.29) is 9.26 Å². The van der Waals surface area contributed by atoms with Gasteiger partial charge in [0.2, 0.25) is 0 Å². The van der Waals surface area contributed by atoms with Gasteiger partial charge in [-0.1, -0.05) is 0 Å². The summed E-state index contributed by atoms with van der Waals surface area (Å²) in [4.78, 5) is 3.24. The van der Waals surface area contributed by atoms with Crippen molar-refractivity contribution in [3.05, 3.63) is 15.3 Å². The fourth-order valence-electron chi connectivity index (χ4n) is 0.848.